The molecule has 0 aromatic carbocycles. The van der Waals surface area contributed by atoms with Gasteiger partial charge in [0.2, 0.25) is 0 Å². The molecule has 1 aromatic heterocycles. The monoisotopic (exact) mass is 261 g/mol. The third-order valence-electron chi connectivity index (χ3n) is 2.80. The second-order valence-corrected chi connectivity index (χ2v) is 5.38. The van der Waals surface area contributed by atoms with E-state index in [9.17, 15) is 4.79 Å². The van der Waals surface area contributed by atoms with Crippen molar-refractivity contribution >= 4 is 29.7 Å². The Balaban J connectivity index is 0.00000128. The molecular formula is C10H16ClN3OS. The van der Waals surface area contributed by atoms with Gasteiger partial charge in [0, 0.05) is 12.1 Å². The van der Waals surface area contributed by atoms with E-state index in [2.05, 4.69) is 10.3 Å². The zero-order valence-electron chi connectivity index (χ0n) is 9.16. The van der Waals surface area contributed by atoms with Gasteiger partial charge in [-0.05, 0) is 26.2 Å². The van der Waals surface area contributed by atoms with E-state index < -0.39 is 0 Å². The van der Waals surface area contributed by atoms with Gasteiger partial charge in [0.25, 0.3) is 5.91 Å². The van der Waals surface area contributed by atoms with Crippen LogP contribution in [0.5, 0.6) is 0 Å². The second-order valence-electron chi connectivity index (χ2n) is 4.14. The lowest BCUT2D eigenvalue weighted by Crippen LogP contribution is -2.54. The fourth-order valence-electron chi connectivity index (χ4n) is 1.62. The van der Waals surface area contributed by atoms with Gasteiger partial charge in [0.05, 0.1) is 11.2 Å². The van der Waals surface area contributed by atoms with Gasteiger partial charge in [-0.1, -0.05) is 0 Å². The molecule has 1 aromatic rings. The molecule has 1 fully saturated rings. The predicted octanol–water partition coefficient (Wildman–Crippen LogP) is 1.48. The Morgan fingerprint density at radius 1 is 1.69 bits per heavy atom. The molecule has 1 saturated carbocycles. The minimum Gasteiger partial charge on any atom is -0.349 e. The number of amides is 1. The summed E-state index contributed by atoms with van der Waals surface area (Å²) in [7, 11) is 0. The second kappa shape index (κ2) is 5.12. The minimum absolute atomic E-state index is 0. The molecule has 0 unspecified atom stereocenters. The van der Waals surface area contributed by atoms with Gasteiger partial charge >= 0.3 is 0 Å². The number of aromatic nitrogens is 1. The summed E-state index contributed by atoms with van der Waals surface area (Å²) in [5, 5.41) is 3.77. The average molecular weight is 262 g/mol. The summed E-state index contributed by atoms with van der Waals surface area (Å²) in [6.07, 6.45) is 4.80. The topological polar surface area (TPSA) is 68.0 Å². The van der Waals surface area contributed by atoms with Crippen molar-refractivity contribution in [3.8, 4) is 0 Å². The summed E-state index contributed by atoms with van der Waals surface area (Å²) in [5.74, 6) is -0.0580. The van der Waals surface area contributed by atoms with Crippen LogP contribution in [0, 0.1) is 6.92 Å². The first-order chi connectivity index (χ1) is 7.09. The smallest absolute Gasteiger partial charge is 0.263 e. The SMILES string of the molecule is Cc1ncc(C(=O)NCC2(N)CCC2)s1.Cl. The van der Waals surface area contributed by atoms with Gasteiger partial charge in [-0.2, -0.15) is 0 Å². The quantitative estimate of drug-likeness (QED) is 0.866. The first-order valence-corrected chi connectivity index (χ1v) is 5.90. The summed E-state index contributed by atoms with van der Waals surface area (Å²) in [5.41, 5.74) is 5.85. The van der Waals surface area contributed by atoms with Crippen LogP contribution < -0.4 is 11.1 Å². The molecule has 1 aliphatic carbocycles. The maximum Gasteiger partial charge on any atom is 0.263 e. The summed E-state index contributed by atoms with van der Waals surface area (Å²) >= 11 is 1.41. The van der Waals surface area contributed by atoms with E-state index >= 15 is 0 Å². The van der Waals surface area contributed by atoms with Crippen LogP contribution in [0.15, 0.2) is 6.20 Å². The van der Waals surface area contributed by atoms with Gasteiger partial charge < -0.3 is 11.1 Å². The molecule has 0 atom stereocenters. The number of halogens is 1. The van der Waals surface area contributed by atoms with E-state index in [0.717, 1.165) is 17.8 Å². The number of aryl methyl sites for hydroxylation is 1. The third-order valence-corrected chi connectivity index (χ3v) is 3.71. The number of thiazole rings is 1. The fourth-order valence-corrected chi connectivity index (χ4v) is 2.31. The van der Waals surface area contributed by atoms with Crippen LogP contribution in [0.25, 0.3) is 0 Å². The van der Waals surface area contributed by atoms with E-state index in [-0.39, 0.29) is 23.9 Å². The molecule has 0 saturated heterocycles. The lowest BCUT2D eigenvalue weighted by molar-refractivity contribution is 0.0933. The molecule has 1 heterocycles. The van der Waals surface area contributed by atoms with Crippen molar-refractivity contribution in [3.05, 3.63) is 16.1 Å². The molecule has 0 radical (unpaired) electrons. The van der Waals surface area contributed by atoms with Crippen LogP contribution in [0.2, 0.25) is 0 Å². The molecule has 4 nitrogen and oxygen atoms in total. The Labute approximate surface area is 105 Å². The van der Waals surface area contributed by atoms with Crippen LogP contribution >= 0.6 is 23.7 Å². The first-order valence-electron chi connectivity index (χ1n) is 5.09. The van der Waals surface area contributed by atoms with E-state index in [1.807, 2.05) is 6.92 Å². The van der Waals surface area contributed by atoms with Gasteiger partial charge in [-0.15, -0.1) is 23.7 Å². The zero-order valence-corrected chi connectivity index (χ0v) is 10.8. The van der Waals surface area contributed by atoms with Crippen molar-refractivity contribution < 1.29 is 4.79 Å². The molecule has 90 valence electrons. The van der Waals surface area contributed by atoms with Crippen LogP contribution in [0.3, 0.4) is 0 Å². The maximum atomic E-state index is 11.6. The van der Waals surface area contributed by atoms with Crippen LogP contribution in [0.4, 0.5) is 0 Å². The molecule has 6 heteroatoms. The molecule has 0 bridgehead atoms. The van der Waals surface area contributed by atoms with Gasteiger partial charge in [0.15, 0.2) is 0 Å². The highest BCUT2D eigenvalue weighted by Crippen LogP contribution is 2.28. The molecule has 0 aliphatic heterocycles. The van der Waals surface area contributed by atoms with Crippen LogP contribution in [-0.2, 0) is 0 Å². The average Bonchev–Trinajstić information content (AvgIpc) is 2.58. The normalized spacial score (nSPS) is 17.1. The fraction of sp³-hybridized carbons (Fsp3) is 0.600. The number of carbonyl (C=O) groups is 1. The predicted molar refractivity (Wildman–Crippen MR) is 67.2 cm³/mol. The highest BCUT2D eigenvalue weighted by atomic mass is 35.5. The van der Waals surface area contributed by atoms with E-state index in [1.165, 1.54) is 17.8 Å². The molecule has 16 heavy (non-hydrogen) atoms. The Kier molecular flexibility index (Phi) is 4.29. The van der Waals surface area contributed by atoms with Gasteiger partial charge in [-0.3, -0.25) is 4.79 Å². The number of hydrogen-bond acceptors (Lipinski definition) is 4. The van der Waals surface area contributed by atoms with Crippen molar-refractivity contribution in [1.29, 1.82) is 0 Å². The number of nitrogens with zero attached hydrogens (tertiary/aromatic N) is 1. The number of nitrogens with one attached hydrogen (secondary N) is 1. The summed E-state index contributed by atoms with van der Waals surface area (Å²) in [6, 6.07) is 0. The van der Waals surface area contributed by atoms with Crippen molar-refractivity contribution in [2.45, 2.75) is 31.7 Å². The summed E-state index contributed by atoms with van der Waals surface area (Å²) < 4.78 is 0. The largest absolute Gasteiger partial charge is 0.349 e. The number of nitrogens with two attached hydrogens (primary N) is 1. The lowest BCUT2D eigenvalue weighted by atomic mass is 9.78. The third kappa shape index (κ3) is 2.93. The highest BCUT2D eigenvalue weighted by Gasteiger charge is 2.32. The highest BCUT2D eigenvalue weighted by molar-refractivity contribution is 7.13. The van der Waals surface area contributed by atoms with Gasteiger partial charge in [-0.25, -0.2) is 4.98 Å². The molecule has 1 aliphatic rings. The van der Waals surface area contributed by atoms with Crippen molar-refractivity contribution in [2.24, 2.45) is 5.73 Å². The Morgan fingerprint density at radius 2 is 2.38 bits per heavy atom. The Morgan fingerprint density at radius 3 is 2.81 bits per heavy atom. The van der Waals surface area contributed by atoms with Gasteiger partial charge in [0.1, 0.15) is 4.88 Å². The minimum atomic E-state index is -0.157. The van der Waals surface area contributed by atoms with Crippen LogP contribution in [-0.4, -0.2) is 23.0 Å². The molecule has 2 rings (SSSR count). The maximum absolute atomic E-state index is 11.6. The number of hydrogen-bond donors (Lipinski definition) is 2. The molecular weight excluding hydrogens is 246 g/mol. The van der Waals surface area contributed by atoms with E-state index in [0.29, 0.717) is 11.4 Å². The Hall–Kier alpha value is -0.650. The Bertz CT molecular complexity index is 376. The first kappa shape index (κ1) is 13.4. The van der Waals surface area contributed by atoms with Crippen molar-refractivity contribution in [2.75, 3.05) is 6.54 Å². The van der Waals surface area contributed by atoms with Crippen molar-refractivity contribution in [3.63, 3.8) is 0 Å². The molecule has 0 spiro atoms. The van der Waals surface area contributed by atoms with E-state index in [4.69, 9.17) is 5.73 Å². The lowest BCUT2D eigenvalue weighted by Gasteiger charge is -2.38. The zero-order chi connectivity index (χ0) is 10.9. The molecule has 3 N–H and O–H groups in total. The molecule has 1 amide bonds. The van der Waals surface area contributed by atoms with Crippen LogP contribution in [0.1, 0.15) is 33.9 Å². The van der Waals surface area contributed by atoms with Crippen molar-refractivity contribution in [1.82, 2.24) is 10.3 Å². The summed E-state index contributed by atoms with van der Waals surface area (Å²) in [4.78, 5) is 16.4. The summed E-state index contributed by atoms with van der Waals surface area (Å²) in [6.45, 7) is 2.46. The van der Waals surface area contributed by atoms with E-state index in [1.54, 1.807) is 6.20 Å². The number of carbonyl (C=O) groups excluding carboxylic acids is 1. The number of rotatable bonds is 3. The standard InChI is InChI=1S/C10H15N3OS.ClH/c1-7-12-5-8(15-7)9(14)13-6-10(11)3-2-4-10;/h5H,2-4,6,11H2,1H3,(H,13,14);1H.